The minimum atomic E-state index is -4.57. The molecule has 2 heterocycles. The molecule has 10 heteroatoms. The summed E-state index contributed by atoms with van der Waals surface area (Å²) >= 11 is 0. The van der Waals surface area contributed by atoms with Crippen LogP contribution in [0.25, 0.3) is 5.69 Å². The third-order valence-electron chi connectivity index (χ3n) is 5.35. The highest BCUT2D eigenvalue weighted by Gasteiger charge is 2.35. The molecule has 0 spiro atoms. The summed E-state index contributed by atoms with van der Waals surface area (Å²) in [7, 11) is 0. The summed E-state index contributed by atoms with van der Waals surface area (Å²) in [6.45, 7) is 0.690. The Labute approximate surface area is 181 Å². The molecule has 3 aromatic rings. The van der Waals surface area contributed by atoms with Gasteiger partial charge in [-0.3, -0.25) is 9.59 Å². The molecule has 0 aliphatic carbocycles. The molecule has 0 bridgehead atoms. The molecule has 0 unspecified atom stereocenters. The van der Waals surface area contributed by atoms with E-state index in [9.17, 15) is 22.8 Å². The highest BCUT2D eigenvalue weighted by atomic mass is 19.4. The molecular weight excluding hydrogens is 423 g/mol. The van der Waals surface area contributed by atoms with Crippen molar-refractivity contribution in [1.29, 1.82) is 0 Å². The molecule has 1 aromatic heterocycles. The molecule has 2 amide bonds. The van der Waals surface area contributed by atoms with Crippen LogP contribution in [0.4, 0.5) is 18.9 Å². The largest absolute Gasteiger partial charge is 0.416 e. The first-order chi connectivity index (χ1) is 15.3. The predicted octanol–water partition coefficient (Wildman–Crippen LogP) is 3.32. The number of likely N-dealkylation sites (tertiary alicyclic amines) is 1. The van der Waals surface area contributed by atoms with Crippen molar-refractivity contribution in [2.75, 3.05) is 18.4 Å². The highest BCUT2D eigenvalue weighted by Crippen LogP contribution is 2.33. The zero-order valence-electron chi connectivity index (χ0n) is 16.9. The summed E-state index contributed by atoms with van der Waals surface area (Å²) in [5, 5.41) is 6.49. The Morgan fingerprint density at radius 2 is 1.94 bits per heavy atom. The quantitative estimate of drug-likeness (QED) is 0.634. The van der Waals surface area contributed by atoms with Gasteiger partial charge in [-0.2, -0.15) is 18.3 Å². The Balaban J connectivity index is 1.48. The lowest BCUT2D eigenvalue weighted by molar-refractivity contribution is -0.137. The van der Waals surface area contributed by atoms with Gasteiger partial charge in [-0.05, 0) is 30.2 Å². The van der Waals surface area contributed by atoms with Gasteiger partial charge in [0.1, 0.15) is 12.7 Å². The van der Waals surface area contributed by atoms with E-state index in [4.69, 9.17) is 0 Å². The van der Waals surface area contributed by atoms with E-state index in [1.54, 1.807) is 4.90 Å². The third-order valence-corrected chi connectivity index (χ3v) is 5.35. The minimum absolute atomic E-state index is 0.0121. The lowest BCUT2D eigenvalue weighted by Crippen LogP contribution is -2.30. The van der Waals surface area contributed by atoms with Gasteiger partial charge in [0.25, 0.3) is 0 Å². The normalized spacial score (nSPS) is 16.4. The first kappa shape index (κ1) is 21.5. The first-order valence-electron chi connectivity index (χ1n) is 10.00. The fourth-order valence-corrected chi connectivity index (χ4v) is 3.65. The van der Waals surface area contributed by atoms with E-state index in [2.05, 4.69) is 15.4 Å². The van der Waals surface area contributed by atoms with Gasteiger partial charge < -0.3 is 10.2 Å². The smallest absolute Gasteiger partial charge is 0.342 e. The molecule has 0 radical (unpaired) electrons. The van der Waals surface area contributed by atoms with Crippen LogP contribution in [0.1, 0.15) is 17.5 Å². The SMILES string of the molecule is O=C(Nc1cc(C(F)(F)F)ccc1-n1cncn1)[C@H]1CC(=O)N(CCc2ccccc2)C1. The maximum Gasteiger partial charge on any atom is 0.416 e. The van der Waals surface area contributed by atoms with Gasteiger partial charge in [-0.1, -0.05) is 30.3 Å². The molecule has 1 atom stereocenters. The van der Waals surface area contributed by atoms with Crippen molar-refractivity contribution < 1.29 is 22.8 Å². The number of aromatic nitrogens is 3. The number of carbonyl (C=O) groups is 2. The number of nitrogens with zero attached hydrogens (tertiary/aromatic N) is 4. The molecule has 1 saturated heterocycles. The van der Waals surface area contributed by atoms with Crippen LogP contribution in [-0.2, 0) is 22.2 Å². The lowest BCUT2D eigenvalue weighted by atomic mass is 10.1. The molecule has 2 aromatic carbocycles. The monoisotopic (exact) mass is 443 g/mol. The molecule has 1 fully saturated rings. The Kier molecular flexibility index (Phi) is 5.93. The van der Waals surface area contributed by atoms with E-state index in [-0.39, 0.29) is 30.2 Å². The zero-order chi connectivity index (χ0) is 22.7. The highest BCUT2D eigenvalue weighted by molar-refractivity contribution is 5.98. The Hall–Kier alpha value is -3.69. The number of benzene rings is 2. The summed E-state index contributed by atoms with van der Waals surface area (Å²) in [4.78, 5) is 30.6. The van der Waals surface area contributed by atoms with Gasteiger partial charge in [0.2, 0.25) is 11.8 Å². The zero-order valence-corrected chi connectivity index (χ0v) is 16.9. The standard InChI is InChI=1S/C22H20F3N5O2/c23-22(24,25)17-6-7-19(30-14-26-13-27-30)18(11-17)28-21(32)16-10-20(31)29(12-16)9-8-15-4-2-1-3-5-15/h1-7,11,13-14,16H,8-10,12H2,(H,28,32)/t16-/m0/s1. The minimum Gasteiger partial charge on any atom is -0.342 e. The topological polar surface area (TPSA) is 80.1 Å². The van der Waals surface area contributed by atoms with Gasteiger partial charge in [-0.15, -0.1) is 0 Å². The van der Waals surface area contributed by atoms with E-state index in [1.165, 1.54) is 23.4 Å². The van der Waals surface area contributed by atoms with Gasteiger partial charge in [0.05, 0.1) is 22.9 Å². The van der Waals surface area contributed by atoms with E-state index < -0.39 is 23.6 Å². The third kappa shape index (κ3) is 4.79. The number of hydrogen-bond donors (Lipinski definition) is 1. The van der Waals surface area contributed by atoms with Crippen LogP contribution in [0.3, 0.4) is 0 Å². The van der Waals surface area contributed by atoms with Crippen molar-refractivity contribution in [3.05, 3.63) is 72.3 Å². The van der Waals surface area contributed by atoms with Crippen molar-refractivity contribution in [3.63, 3.8) is 0 Å². The van der Waals surface area contributed by atoms with Crippen LogP contribution in [-0.4, -0.2) is 44.6 Å². The molecule has 166 valence electrons. The Morgan fingerprint density at radius 1 is 1.16 bits per heavy atom. The average Bonchev–Trinajstić information content (AvgIpc) is 3.42. The maximum absolute atomic E-state index is 13.2. The van der Waals surface area contributed by atoms with E-state index >= 15 is 0 Å². The van der Waals surface area contributed by atoms with Crippen molar-refractivity contribution in [2.45, 2.75) is 19.0 Å². The molecule has 7 nitrogen and oxygen atoms in total. The van der Waals surface area contributed by atoms with Crippen molar-refractivity contribution in [2.24, 2.45) is 5.92 Å². The predicted molar refractivity (Wildman–Crippen MR) is 110 cm³/mol. The fourth-order valence-electron chi connectivity index (χ4n) is 3.65. The number of carbonyl (C=O) groups excluding carboxylic acids is 2. The maximum atomic E-state index is 13.2. The molecule has 0 saturated carbocycles. The Bertz CT molecular complexity index is 1100. The first-order valence-corrected chi connectivity index (χ1v) is 10.00. The number of anilines is 1. The number of alkyl halides is 3. The second-order valence-electron chi connectivity index (χ2n) is 7.54. The second-order valence-corrected chi connectivity index (χ2v) is 7.54. The van der Waals surface area contributed by atoms with Crippen LogP contribution >= 0.6 is 0 Å². The van der Waals surface area contributed by atoms with Crippen LogP contribution in [0.2, 0.25) is 0 Å². The number of halogens is 3. The number of rotatable bonds is 6. The van der Waals surface area contributed by atoms with E-state index in [0.29, 0.717) is 13.0 Å². The van der Waals surface area contributed by atoms with Gasteiger partial charge in [0.15, 0.2) is 0 Å². The molecule has 32 heavy (non-hydrogen) atoms. The summed E-state index contributed by atoms with van der Waals surface area (Å²) in [5.41, 5.74) is 0.373. The summed E-state index contributed by atoms with van der Waals surface area (Å²) < 4.78 is 40.9. The average molecular weight is 443 g/mol. The lowest BCUT2D eigenvalue weighted by Gasteiger charge is -2.18. The van der Waals surface area contributed by atoms with Crippen LogP contribution in [0.5, 0.6) is 0 Å². The van der Waals surface area contributed by atoms with Crippen LogP contribution in [0.15, 0.2) is 61.2 Å². The molecule has 1 aliphatic heterocycles. The van der Waals surface area contributed by atoms with Crippen molar-refractivity contribution in [3.8, 4) is 5.69 Å². The van der Waals surface area contributed by atoms with Gasteiger partial charge in [-0.25, -0.2) is 9.67 Å². The van der Waals surface area contributed by atoms with Crippen molar-refractivity contribution in [1.82, 2.24) is 19.7 Å². The van der Waals surface area contributed by atoms with Crippen LogP contribution in [0, 0.1) is 5.92 Å². The summed E-state index contributed by atoms with van der Waals surface area (Å²) in [6, 6.07) is 12.7. The molecular formula is C22H20F3N5O2. The number of hydrogen-bond acceptors (Lipinski definition) is 4. The van der Waals surface area contributed by atoms with E-state index in [0.717, 1.165) is 17.7 Å². The molecule has 4 rings (SSSR count). The van der Waals surface area contributed by atoms with Crippen molar-refractivity contribution >= 4 is 17.5 Å². The molecule has 1 N–H and O–H groups in total. The van der Waals surface area contributed by atoms with Gasteiger partial charge >= 0.3 is 6.18 Å². The summed E-state index contributed by atoms with van der Waals surface area (Å²) in [5.74, 6) is -1.32. The Morgan fingerprint density at radius 3 is 2.62 bits per heavy atom. The van der Waals surface area contributed by atoms with E-state index in [1.807, 2.05) is 30.3 Å². The molecule has 1 aliphatic rings. The van der Waals surface area contributed by atoms with Gasteiger partial charge in [0, 0.05) is 19.5 Å². The summed E-state index contributed by atoms with van der Waals surface area (Å²) in [6.07, 6.45) is -1.34. The number of nitrogens with one attached hydrogen (secondary N) is 1. The second kappa shape index (κ2) is 8.81. The van der Waals surface area contributed by atoms with Crippen LogP contribution < -0.4 is 5.32 Å². The number of amides is 2. The fraction of sp³-hybridized carbons (Fsp3) is 0.273.